The zero-order valence-electron chi connectivity index (χ0n) is 13.6. The third kappa shape index (κ3) is 3.44. The molecule has 2 heterocycles. The van der Waals surface area contributed by atoms with Crippen LogP contribution in [-0.2, 0) is 0 Å². The predicted octanol–water partition coefficient (Wildman–Crippen LogP) is 2.46. The van der Waals surface area contributed by atoms with Gasteiger partial charge in [-0.3, -0.25) is 14.5 Å². The molecule has 1 aromatic heterocycles. The number of halogens is 1. The number of imide groups is 1. The predicted molar refractivity (Wildman–Crippen MR) is 91.5 cm³/mol. The summed E-state index contributed by atoms with van der Waals surface area (Å²) in [5, 5.41) is 11.2. The minimum atomic E-state index is -0.612. The minimum Gasteiger partial charge on any atom is -0.411 e. The summed E-state index contributed by atoms with van der Waals surface area (Å²) < 4.78 is 13.4. The van der Waals surface area contributed by atoms with Crippen LogP contribution in [0, 0.1) is 17.7 Å². The lowest BCUT2D eigenvalue weighted by Crippen LogP contribution is -2.30. The van der Waals surface area contributed by atoms with Gasteiger partial charge >= 0.3 is 0 Å². The lowest BCUT2D eigenvalue weighted by atomic mass is 10.1. The number of rotatable bonds is 4. The van der Waals surface area contributed by atoms with Crippen LogP contribution in [0.1, 0.15) is 44.9 Å². The maximum Gasteiger partial charge on any atom is 0.261 e. The highest BCUT2D eigenvalue weighted by atomic mass is 19.1. The smallest absolute Gasteiger partial charge is 0.261 e. The van der Waals surface area contributed by atoms with Crippen LogP contribution in [0.25, 0.3) is 0 Å². The van der Waals surface area contributed by atoms with E-state index in [1.165, 1.54) is 17.0 Å². The fraction of sp³-hybridized carbons (Fsp3) is 0.158. The van der Waals surface area contributed by atoms with Gasteiger partial charge in [-0.2, -0.15) is 0 Å². The van der Waals surface area contributed by atoms with Crippen molar-refractivity contribution in [1.29, 1.82) is 0 Å². The fourth-order valence-electron chi connectivity index (χ4n) is 2.59. The Morgan fingerprint density at radius 2 is 1.85 bits per heavy atom. The molecular weight excluding hydrogens is 337 g/mol. The van der Waals surface area contributed by atoms with E-state index < -0.39 is 5.82 Å². The minimum absolute atomic E-state index is 0.106. The molecule has 2 amide bonds. The number of oxime groups is 1. The maximum absolute atomic E-state index is 13.4. The van der Waals surface area contributed by atoms with Crippen molar-refractivity contribution in [2.75, 3.05) is 6.54 Å². The Morgan fingerprint density at radius 3 is 2.50 bits per heavy atom. The summed E-state index contributed by atoms with van der Waals surface area (Å²) >= 11 is 0. The molecule has 0 radical (unpaired) electrons. The highest BCUT2D eigenvalue weighted by Gasteiger charge is 2.34. The topological polar surface area (TPSA) is 82.9 Å². The van der Waals surface area contributed by atoms with Gasteiger partial charge in [0.1, 0.15) is 11.4 Å². The molecule has 1 aliphatic rings. The number of hydrogen-bond donors (Lipinski definition) is 1. The van der Waals surface area contributed by atoms with Crippen LogP contribution in [0.4, 0.5) is 4.39 Å². The first-order valence-corrected chi connectivity index (χ1v) is 7.90. The Hall–Kier alpha value is -3.53. The average molecular weight is 351 g/mol. The molecule has 0 saturated heterocycles. The fourth-order valence-corrected chi connectivity index (χ4v) is 2.59. The molecule has 0 saturated carbocycles. The van der Waals surface area contributed by atoms with Crippen molar-refractivity contribution >= 4 is 18.0 Å². The van der Waals surface area contributed by atoms with Crippen molar-refractivity contribution in [3.63, 3.8) is 0 Å². The van der Waals surface area contributed by atoms with Gasteiger partial charge in [-0.1, -0.05) is 23.2 Å². The van der Waals surface area contributed by atoms with E-state index in [9.17, 15) is 14.0 Å². The Labute approximate surface area is 149 Å². The number of nitrogens with zero attached hydrogens (tertiary/aromatic N) is 3. The lowest BCUT2D eigenvalue weighted by Gasteiger charge is -2.12. The number of benzene rings is 1. The van der Waals surface area contributed by atoms with Gasteiger partial charge in [0, 0.05) is 13.0 Å². The molecule has 0 spiro atoms. The molecule has 0 bridgehead atoms. The van der Waals surface area contributed by atoms with Gasteiger partial charge in [0.25, 0.3) is 11.8 Å². The van der Waals surface area contributed by atoms with Crippen molar-refractivity contribution in [3.8, 4) is 11.8 Å². The second-order valence-electron chi connectivity index (χ2n) is 5.52. The van der Waals surface area contributed by atoms with E-state index >= 15 is 0 Å². The summed E-state index contributed by atoms with van der Waals surface area (Å²) in [5.74, 6) is 4.47. The van der Waals surface area contributed by atoms with Gasteiger partial charge in [-0.15, -0.1) is 0 Å². The first-order chi connectivity index (χ1) is 12.6. The third-order valence-electron chi connectivity index (χ3n) is 3.83. The number of fused-ring (bicyclic) bond motifs is 1. The third-order valence-corrected chi connectivity index (χ3v) is 3.83. The molecule has 2 aromatic rings. The van der Waals surface area contributed by atoms with Gasteiger partial charge in [-0.25, -0.2) is 9.37 Å². The highest BCUT2D eigenvalue weighted by Crippen LogP contribution is 2.22. The number of pyridine rings is 1. The van der Waals surface area contributed by atoms with Gasteiger partial charge in [0.15, 0.2) is 5.82 Å². The Kier molecular flexibility index (Phi) is 5.04. The number of aromatic nitrogens is 1. The number of carbonyl (C=O) groups is 2. The SMILES string of the molecule is O=C1c2ccccc2C(=O)N1CCCC#Cc1ccc(F)c(/C=N/O)n1. The van der Waals surface area contributed by atoms with Crippen LogP contribution >= 0.6 is 0 Å². The highest BCUT2D eigenvalue weighted by molar-refractivity contribution is 6.21. The Bertz CT molecular complexity index is 925. The number of hydrogen-bond acceptors (Lipinski definition) is 5. The van der Waals surface area contributed by atoms with E-state index in [1.54, 1.807) is 24.3 Å². The number of amides is 2. The van der Waals surface area contributed by atoms with E-state index in [2.05, 4.69) is 22.0 Å². The van der Waals surface area contributed by atoms with Gasteiger partial charge in [0.05, 0.1) is 17.3 Å². The summed E-state index contributed by atoms with van der Waals surface area (Å²) in [6, 6.07) is 9.34. The Balaban J connectivity index is 1.58. The molecule has 0 atom stereocenters. The standard InChI is InChI=1S/C19H14FN3O3/c20-16-10-9-13(22-17(16)12-21-26)6-2-1-5-11-23-18(24)14-7-3-4-8-15(14)19(23)25/h3-4,7-10,12,26H,1,5,11H2/b21-12+. The van der Waals surface area contributed by atoms with E-state index in [0.717, 1.165) is 6.21 Å². The first-order valence-electron chi connectivity index (χ1n) is 7.90. The zero-order valence-corrected chi connectivity index (χ0v) is 13.6. The zero-order chi connectivity index (χ0) is 18.5. The molecular formula is C19H14FN3O3. The summed E-state index contributed by atoms with van der Waals surface area (Å²) in [6.45, 7) is 0.278. The van der Waals surface area contributed by atoms with Gasteiger partial charge < -0.3 is 5.21 Å². The summed E-state index contributed by atoms with van der Waals surface area (Å²) in [7, 11) is 0. The van der Waals surface area contributed by atoms with Crippen molar-refractivity contribution in [2.45, 2.75) is 12.8 Å². The van der Waals surface area contributed by atoms with Crippen molar-refractivity contribution < 1.29 is 19.2 Å². The normalized spacial score (nSPS) is 13.0. The van der Waals surface area contributed by atoms with E-state index in [4.69, 9.17) is 5.21 Å². The van der Waals surface area contributed by atoms with Crippen LogP contribution in [-0.4, -0.2) is 39.7 Å². The quantitative estimate of drug-likeness (QED) is 0.229. The molecule has 0 unspecified atom stereocenters. The van der Waals surface area contributed by atoms with Gasteiger partial charge in [0.2, 0.25) is 0 Å². The van der Waals surface area contributed by atoms with Crippen molar-refractivity contribution in [1.82, 2.24) is 9.88 Å². The van der Waals surface area contributed by atoms with Crippen molar-refractivity contribution in [3.05, 3.63) is 64.7 Å². The molecule has 7 heteroatoms. The van der Waals surface area contributed by atoms with Crippen molar-refractivity contribution in [2.24, 2.45) is 5.16 Å². The Morgan fingerprint density at radius 1 is 1.15 bits per heavy atom. The molecule has 0 aliphatic carbocycles. The van der Waals surface area contributed by atoms with E-state index in [-0.39, 0.29) is 24.1 Å². The molecule has 130 valence electrons. The average Bonchev–Trinajstić information content (AvgIpc) is 2.89. The molecule has 0 fully saturated rings. The molecule has 1 aliphatic heterocycles. The lowest BCUT2D eigenvalue weighted by molar-refractivity contribution is 0.0653. The van der Waals surface area contributed by atoms with Crippen LogP contribution in [0.2, 0.25) is 0 Å². The maximum atomic E-state index is 13.4. The van der Waals surface area contributed by atoms with E-state index in [0.29, 0.717) is 29.7 Å². The summed E-state index contributed by atoms with van der Waals surface area (Å²) in [6.07, 6.45) is 1.85. The number of carbonyl (C=O) groups excluding carboxylic acids is 2. The second-order valence-corrected chi connectivity index (χ2v) is 5.52. The monoisotopic (exact) mass is 351 g/mol. The summed E-state index contributed by atoms with van der Waals surface area (Å²) in [4.78, 5) is 29.6. The molecule has 26 heavy (non-hydrogen) atoms. The molecule has 1 N–H and O–H groups in total. The van der Waals surface area contributed by atoms with Gasteiger partial charge in [-0.05, 0) is 36.6 Å². The first kappa shape index (κ1) is 17.3. The van der Waals surface area contributed by atoms with Crippen LogP contribution in [0.15, 0.2) is 41.6 Å². The molecule has 6 nitrogen and oxygen atoms in total. The molecule has 1 aromatic carbocycles. The van der Waals surface area contributed by atoms with Crippen LogP contribution < -0.4 is 0 Å². The molecule has 3 rings (SSSR count). The largest absolute Gasteiger partial charge is 0.411 e. The van der Waals surface area contributed by atoms with E-state index in [1.807, 2.05) is 0 Å². The summed E-state index contributed by atoms with van der Waals surface area (Å²) in [5.41, 5.74) is 1.08. The van der Waals surface area contributed by atoms with Crippen LogP contribution in [0.5, 0.6) is 0 Å². The second kappa shape index (κ2) is 7.57. The number of unbranched alkanes of at least 4 members (excludes halogenated alkanes) is 1. The van der Waals surface area contributed by atoms with Crippen LogP contribution in [0.3, 0.4) is 0 Å².